The molecule has 1 N–H and O–H groups in total. The quantitative estimate of drug-likeness (QED) is 0.602. The van der Waals surface area contributed by atoms with Gasteiger partial charge >= 0.3 is 0 Å². The fourth-order valence-electron chi connectivity index (χ4n) is 2.10. The summed E-state index contributed by atoms with van der Waals surface area (Å²) in [6, 6.07) is 7.50. The highest BCUT2D eigenvalue weighted by Gasteiger charge is 2.18. The highest BCUT2D eigenvalue weighted by Crippen LogP contribution is 2.30. The SMILES string of the molecule is COc1c(C)cc(Br)cc1C(=O)Nc1ccc(Cl)c([N+](=O)[O-])c1. The first-order valence-electron chi connectivity index (χ1n) is 6.43. The monoisotopic (exact) mass is 398 g/mol. The molecule has 0 unspecified atom stereocenters. The van der Waals surface area contributed by atoms with Crippen molar-refractivity contribution in [1.82, 2.24) is 0 Å². The maximum atomic E-state index is 12.4. The summed E-state index contributed by atoms with van der Waals surface area (Å²) in [5, 5.41) is 13.5. The van der Waals surface area contributed by atoms with E-state index < -0.39 is 10.8 Å². The molecule has 0 atom stereocenters. The van der Waals surface area contributed by atoms with Crippen LogP contribution in [0.1, 0.15) is 15.9 Å². The lowest BCUT2D eigenvalue weighted by Crippen LogP contribution is -2.14. The molecule has 0 bridgehead atoms. The number of amides is 1. The van der Waals surface area contributed by atoms with Crippen LogP contribution in [0, 0.1) is 17.0 Å². The van der Waals surface area contributed by atoms with E-state index in [1.54, 1.807) is 6.07 Å². The second kappa shape index (κ2) is 6.97. The van der Waals surface area contributed by atoms with Gasteiger partial charge in [0.15, 0.2) is 0 Å². The molecule has 0 aliphatic heterocycles. The largest absolute Gasteiger partial charge is 0.496 e. The number of nitro benzene ring substituents is 1. The van der Waals surface area contributed by atoms with E-state index in [4.69, 9.17) is 16.3 Å². The van der Waals surface area contributed by atoms with Gasteiger partial charge in [-0.3, -0.25) is 14.9 Å². The van der Waals surface area contributed by atoms with Crippen molar-refractivity contribution < 1.29 is 14.5 Å². The summed E-state index contributed by atoms with van der Waals surface area (Å²) in [7, 11) is 1.47. The van der Waals surface area contributed by atoms with Gasteiger partial charge in [0.25, 0.3) is 11.6 Å². The number of methoxy groups -OCH3 is 1. The van der Waals surface area contributed by atoms with Gasteiger partial charge in [-0.25, -0.2) is 0 Å². The van der Waals surface area contributed by atoms with Gasteiger partial charge in [0.2, 0.25) is 0 Å². The van der Waals surface area contributed by atoms with Crippen LogP contribution in [-0.2, 0) is 0 Å². The molecule has 0 fully saturated rings. The van der Waals surface area contributed by atoms with E-state index in [1.165, 1.54) is 25.3 Å². The Kier molecular flexibility index (Phi) is 5.23. The number of anilines is 1. The molecule has 0 aliphatic carbocycles. The average Bonchev–Trinajstić information content (AvgIpc) is 2.48. The molecule has 2 aromatic rings. The molecular formula is C15H12BrClN2O4. The van der Waals surface area contributed by atoms with Gasteiger partial charge in [0.05, 0.1) is 17.6 Å². The summed E-state index contributed by atoms with van der Waals surface area (Å²) < 4.78 is 5.99. The first kappa shape index (κ1) is 17.2. The van der Waals surface area contributed by atoms with Crippen molar-refractivity contribution in [3.05, 3.63) is 61.1 Å². The number of nitrogens with one attached hydrogen (secondary N) is 1. The Morgan fingerprint density at radius 1 is 1.35 bits per heavy atom. The number of nitro groups is 1. The lowest BCUT2D eigenvalue weighted by molar-refractivity contribution is -0.384. The van der Waals surface area contributed by atoms with E-state index in [0.717, 1.165) is 10.0 Å². The molecule has 2 rings (SSSR count). The summed E-state index contributed by atoms with van der Waals surface area (Å²) in [4.78, 5) is 22.7. The number of nitrogens with zero attached hydrogens (tertiary/aromatic N) is 1. The lowest BCUT2D eigenvalue weighted by Gasteiger charge is -2.12. The molecule has 0 spiro atoms. The number of aryl methyl sites for hydroxylation is 1. The van der Waals surface area contributed by atoms with Gasteiger partial charge in [-0.2, -0.15) is 0 Å². The third-order valence-corrected chi connectivity index (χ3v) is 3.87. The molecule has 0 heterocycles. The molecule has 6 nitrogen and oxygen atoms in total. The van der Waals surface area contributed by atoms with Crippen LogP contribution in [0.3, 0.4) is 0 Å². The second-order valence-corrected chi connectivity index (χ2v) is 6.00. The van der Waals surface area contributed by atoms with Gasteiger partial charge in [-0.1, -0.05) is 27.5 Å². The van der Waals surface area contributed by atoms with Gasteiger partial charge < -0.3 is 10.1 Å². The zero-order chi connectivity index (χ0) is 17.1. The van der Waals surface area contributed by atoms with E-state index >= 15 is 0 Å². The molecule has 23 heavy (non-hydrogen) atoms. The molecule has 2 aromatic carbocycles. The zero-order valence-corrected chi connectivity index (χ0v) is 14.6. The normalized spacial score (nSPS) is 10.3. The van der Waals surface area contributed by atoms with Crippen LogP contribution >= 0.6 is 27.5 Å². The van der Waals surface area contributed by atoms with Crippen LogP contribution in [-0.4, -0.2) is 17.9 Å². The van der Waals surface area contributed by atoms with Gasteiger partial charge in [-0.15, -0.1) is 0 Å². The maximum Gasteiger partial charge on any atom is 0.289 e. The van der Waals surface area contributed by atoms with Crippen molar-refractivity contribution >= 4 is 44.8 Å². The molecule has 0 aromatic heterocycles. The van der Waals surface area contributed by atoms with E-state index in [-0.39, 0.29) is 16.4 Å². The Labute approximate surface area is 145 Å². The Morgan fingerprint density at radius 3 is 2.65 bits per heavy atom. The average molecular weight is 400 g/mol. The third kappa shape index (κ3) is 3.80. The van der Waals surface area contributed by atoms with Crippen molar-refractivity contribution in [1.29, 1.82) is 0 Å². The summed E-state index contributed by atoms with van der Waals surface area (Å²) >= 11 is 9.08. The van der Waals surface area contributed by atoms with E-state index in [0.29, 0.717) is 11.3 Å². The number of halogens is 2. The first-order chi connectivity index (χ1) is 10.8. The number of carbonyl (C=O) groups excluding carboxylic acids is 1. The molecule has 1 amide bonds. The van der Waals surface area contributed by atoms with Crippen LogP contribution in [0.5, 0.6) is 5.75 Å². The van der Waals surface area contributed by atoms with Crippen LogP contribution in [0.25, 0.3) is 0 Å². The Balaban J connectivity index is 2.37. The van der Waals surface area contributed by atoms with E-state index in [2.05, 4.69) is 21.2 Å². The first-order valence-corrected chi connectivity index (χ1v) is 7.60. The predicted octanol–water partition coefficient (Wildman–Crippen LogP) is 4.58. The van der Waals surface area contributed by atoms with E-state index in [9.17, 15) is 14.9 Å². The Morgan fingerprint density at radius 2 is 2.04 bits per heavy atom. The fourth-order valence-corrected chi connectivity index (χ4v) is 2.86. The topological polar surface area (TPSA) is 81.5 Å². The molecule has 8 heteroatoms. The second-order valence-electron chi connectivity index (χ2n) is 4.68. The zero-order valence-electron chi connectivity index (χ0n) is 12.2. The lowest BCUT2D eigenvalue weighted by atomic mass is 10.1. The van der Waals surface area contributed by atoms with Crippen LogP contribution < -0.4 is 10.1 Å². The predicted molar refractivity (Wildman–Crippen MR) is 91.5 cm³/mol. The highest BCUT2D eigenvalue weighted by molar-refractivity contribution is 9.10. The molecular weight excluding hydrogens is 388 g/mol. The molecule has 120 valence electrons. The number of rotatable bonds is 4. The Bertz CT molecular complexity index is 795. The summed E-state index contributed by atoms with van der Waals surface area (Å²) in [6.45, 7) is 1.81. The summed E-state index contributed by atoms with van der Waals surface area (Å²) in [6.07, 6.45) is 0. The van der Waals surface area contributed by atoms with Crippen molar-refractivity contribution in [2.45, 2.75) is 6.92 Å². The standard InChI is InChI=1S/C15H12BrClN2O4/c1-8-5-9(16)6-11(14(8)23-2)15(20)18-10-3-4-12(17)13(7-10)19(21)22/h3-7H,1-2H3,(H,18,20). The number of hydrogen-bond donors (Lipinski definition) is 1. The minimum Gasteiger partial charge on any atom is -0.496 e. The Hall–Kier alpha value is -2.12. The molecule has 0 saturated carbocycles. The molecule has 0 saturated heterocycles. The summed E-state index contributed by atoms with van der Waals surface area (Å²) in [5.41, 5.74) is 1.10. The van der Waals surface area contributed by atoms with Crippen molar-refractivity contribution in [3.8, 4) is 5.75 Å². The minimum absolute atomic E-state index is 0.00359. The van der Waals surface area contributed by atoms with Crippen LogP contribution in [0.15, 0.2) is 34.8 Å². The van der Waals surface area contributed by atoms with Crippen molar-refractivity contribution in [2.75, 3.05) is 12.4 Å². The van der Waals surface area contributed by atoms with Gasteiger partial charge in [0, 0.05) is 16.2 Å². The van der Waals surface area contributed by atoms with Crippen molar-refractivity contribution in [3.63, 3.8) is 0 Å². The number of hydrogen-bond acceptors (Lipinski definition) is 4. The number of ether oxygens (including phenoxy) is 1. The number of benzene rings is 2. The highest BCUT2D eigenvalue weighted by atomic mass is 79.9. The fraction of sp³-hybridized carbons (Fsp3) is 0.133. The maximum absolute atomic E-state index is 12.4. The van der Waals surface area contributed by atoms with Gasteiger partial charge in [0.1, 0.15) is 10.8 Å². The minimum atomic E-state index is -0.609. The molecule has 0 aliphatic rings. The van der Waals surface area contributed by atoms with Crippen LogP contribution in [0.4, 0.5) is 11.4 Å². The number of carbonyl (C=O) groups is 1. The third-order valence-electron chi connectivity index (χ3n) is 3.09. The van der Waals surface area contributed by atoms with Crippen molar-refractivity contribution in [2.24, 2.45) is 0 Å². The summed E-state index contributed by atoms with van der Waals surface area (Å²) in [5.74, 6) is -0.00275. The van der Waals surface area contributed by atoms with Gasteiger partial charge in [-0.05, 0) is 36.8 Å². The smallest absolute Gasteiger partial charge is 0.289 e. The molecule has 0 radical (unpaired) electrons. The van der Waals surface area contributed by atoms with E-state index in [1.807, 2.05) is 13.0 Å². The van der Waals surface area contributed by atoms with Crippen LogP contribution in [0.2, 0.25) is 5.02 Å².